The molecule has 0 aromatic carbocycles. The Morgan fingerprint density at radius 3 is 2.63 bits per heavy atom. The molecule has 0 atom stereocenters. The van der Waals surface area contributed by atoms with Crippen molar-refractivity contribution in [1.82, 2.24) is 30.9 Å². The van der Waals surface area contributed by atoms with Crippen LogP contribution in [0.15, 0.2) is 12.3 Å². The van der Waals surface area contributed by atoms with Gasteiger partial charge in [-0.25, -0.2) is 9.78 Å². The van der Waals surface area contributed by atoms with E-state index >= 15 is 0 Å². The summed E-state index contributed by atoms with van der Waals surface area (Å²) in [5, 5.41) is 15.7. The highest BCUT2D eigenvalue weighted by Gasteiger charge is 2.47. The molecule has 2 fully saturated rings. The monoisotopic (exact) mass is 414 g/mol. The van der Waals surface area contributed by atoms with Crippen LogP contribution in [-0.4, -0.2) is 64.4 Å². The molecule has 3 N–H and O–H groups in total. The number of amides is 4. The van der Waals surface area contributed by atoms with Crippen LogP contribution >= 0.6 is 0 Å². The molecule has 1 aromatic rings. The molecule has 2 saturated heterocycles. The number of piperidine rings is 1. The first-order chi connectivity index (χ1) is 14.1. The van der Waals surface area contributed by atoms with Crippen LogP contribution in [-0.2, 0) is 9.59 Å². The average molecular weight is 414 g/mol. The van der Waals surface area contributed by atoms with Crippen LogP contribution in [0.1, 0.15) is 39.4 Å². The Labute approximate surface area is 174 Å². The summed E-state index contributed by atoms with van der Waals surface area (Å²) >= 11 is 0. The van der Waals surface area contributed by atoms with Gasteiger partial charge >= 0.3 is 6.03 Å². The summed E-state index contributed by atoms with van der Waals surface area (Å²) in [6.07, 6.45) is 2.37. The predicted molar refractivity (Wildman–Crippen MR) is 107 cm³/mol. The van der Waals surface area contributed by atoms with Crippen molar-refractivity contribution in [1.29, 1.82) is 5.26 Å². The fourth-order valence-corrected chi connectivity index (χ4v) is 3.57. The molecule has 2 aliphatic rings. The highest BCUT2D eigenvalue weighted by atomic mass is 16.2. The smallest absolute Gasteiger partial charge is 0.322 e. The van der Waals surface area contributed by atoms with Crippen molar-refractivity contribution in [2.24, 2.45) is 5.41 Å². The zero-order valence-electron chi connectivity index (χ0n) is 17.4. The predicted octanol–water partition coefficient (Wildman–Crippen LogP) is -0.0940. The fraction of sp³-hybridized carbons (Fsp3) is 0.579. The van der Waals surface area contributed by atoms with Crippen molar-refractivity contribution in [2.75, 3.05) is 31.2 Å². The van der Waals surface area contributed by atoms with E-state index < -0.39 is 11.6 Å². The maximum Gasteiger partial charge on any atom is 0.322 e. The van der Waals surface area contributed by atoms with Crippen LogP contribution in [0.25, 0.3) is 0 Å². The minimum absolute atomic E-state index is 0.0267. The molecule has 30 heavy (non-hydrogen) atoms. The van der Waals surface area contributed by atoms with E-state index in [0.29, 0.717) is 38.3 Å². The molecule has 0 bridgehead atoms. The van der Waals surface area contributed by atoms with E-state index in [4.69, 9.17) is 5.26 Å². The molecule has 0 aliphatic carbocycles. The van der Waals surface area contributed by atoms with E-state index in [0.717, 1.165) is 0 Å². The largest absolute Gasteiger partial charge is 0.323 e. The van der Waals surface area contributed by atoms with Crippen LogP contribution in [0.5, 0.6) is 0 Å². The second-order valence-corrected chi connectivity index (χ2v) is 8.80. The number of aromatic nitrogens is 2. The third-order valence-corrected chi connectivity index (χ3v) is 5.00. The number of likely N-dealkylation sites (tertiary alicyclic amines) is 1. The molecule has 0 unspecified atom stereocenters. The number of rotatable bonds is 5. The molecule has 0 radical (unpaired) electrons. The van der Waals surface area contributed by atoms with Gasteiger partial charge in [-0.1, -0.05) is 20.8 Å². The van der Waals surface area contributed by atoms with Gasteiger partial charge < -0.3 is 5.32 Å². The number of hydrogen-bond donors (Lipinski definition) is 3. The number of hydrazine groups is 1. The third kappa shape index (κ3) is 5.01. The van der Waals surface area contributed by atoms with E-state index in [9.17, 15) is 14.4 Å². The van der Waals surface area contributed by atoms with E-state index in [1.54, 1.807) is 11.1 Å². The number of nitrogens with zero attached hydrogens (tertiary/aromatic N) is 5. The topological polar surface area (TPSA) is 143 Å². The normalized spacial score (nSPS) is 18.5. The van der Waals surface area contributed by atoms with Gasteiger partial charge in [0.25, 0.3) is 11.8 Å². The third-order valence-electron chi connectivity index (χ3n) is 5.00. The summed E-state index contributed by atoms with van der Waals surface area (Å²) in [7, 11) is 0. The van der Waals surface area contributed by atoms with Crippen molar-refractivity contribution in [2.45, 2.75) is 39.2 Å². The van der Waals surface area contributed by atoms with Crippen molar-refractivity contribution in [3.63, 3.8) is 0 Å². The quantitative estimate of drug-likeness (QED) is 0.448. The van der Waals surface area contributed by atoms with E-state index in [2.05, 4.69) is 26.0 Å². The zero-order valence-corrected chi connectivity index (χ0v) is 17.4. The molecule has 0 saturated carbocycles. The van der Waals surface area contributed by atoms with Crippen LogP contribution < -0.4 is 21.1 Å². The summed E-state index contributed by atoms with van der Waals surface area (Å²) < 4.78 is 0. The highest BCUT2D eigenvalue weighted by Crippen LogP contribution is 2.25. The first-order valence-electron chi connectivity index (χ1n) is 9.76. The van der Waals surface area contributed by atoms with Crippen molar-refractivity contribution >= 4 is 23.7 Å². The molecule has 1 aromatic heterocycles. The van der Waals surface area contributed by atoms with Crippen molar-refractivity contribution < 1.29 is 14.4 Å². The van der Waals surface area contributed by atoms with E-state index in [1.165, 1.54) is 6.20 Å². The van der Waals surface area contributed by atoms with Gasteiger partial charge in [0, 0.05) is 31.9 Å². The maximum atomic E-state index is 12.7. The molecule has 160 valence electrons. The zero-order chi connectivity index (χ0) is 21.9. The van der Waals surface area contributed by atoms with Gasteiger partial charge in [-0.15, -0.1) is 0 Å². The Balaban J connectivity index is 1.61. The minimum atomic E-state index is -0.864. The molecule has 11 nitrogen and oxygen atoms in total. The molecule has 1 spiro atoms. The lowest BCUT2D eigenvalue weighted by Gasteiger charge is -2.37. The van der Waals surface area contributed by atoms with Gasteiger partial charge in [0.2, 0.25) is 5.82 Å². The molecular weight excluding hydrogens is 388 g/mol. The van der Waals surface area contributed by atoms with Crippen molar-refractivity contribution in [3.05, 3.63) is 18.1 Å². The number of carbonyl (C=O) groups excluding carboxylic acids is 3. The Hall–Kier alpha value is -3.26. The average Bonchev–Trinajstić information content (AvgIpc) is 2.95. The second kappa shape index (κ2) is 8.23. The van der Waals surface area contributed by atoms with E-state index in [-0.39, 0.29) is 29.6 Å². The summed E-state index contributed by atoms with van der Waals surface area (Å²) in [5.74, 6) is -0.0659. The highest BCUT2D eigenvalue weighted by molar-refractivity contribution is 6.07. The van der Waals surface area contributed by atoms with Gasteiger partial charge in [0.15, 0.2) is 5.82 Å². The van der Waals surface area contributed by atoms with Gasteiger partial charge in [-0.2, -0.15) is 10.2 Å². The van der Waals surface area contributed by atoms with Gasteiger partial charge in [-0.3, -0.25) is 30.2 Å². The van der Waals surface area contributed by atoms with Gasteiger partial charge in [-0.05, 0) is 18.3 Å². The summed E-state index contributed by atoms with van der Waals surface area (Å²) in [6, 6.07) is 3.07. The maximum absolute atomic E-state index is 12.7. The Kier molecular flexibility index (Phi) is 5.89. The summed E-state index contributed by atoms with van der Waals surface area (Å²) in [4.78, 5) is 46.2. The van der Waals surface area contributed by atoms with Crippen LogP contribution in [0.2, 0.25) is 0 Å². The Morgan fingerprint density at radius 1 is 1.37 bits per heavy atom. The lowest BCUT2D eigenvalue weighted by molar-refractivity contribution is -0.126. The SMILES string of the molecule is CC(C)(C)CN(NC(=O)CN1CCC2(CC1)NC(=O)NC2=O)c1ccnc(C#N)n1. The Bertz CT molecular complexity index is 881. The van der Waals surface area contributed by atoms with Crippen molar-refractivity contribution in [3.8, 4) is 6.07 Å². The van der Waals surface area contributed by atoms with Gasteiger partial charge in [0.05, 0.1) is 6.54 Å². The molecule has 4 amide bonds. The number of carbonyl (C=O) groups is 3. The van der Waals surface area contributed by atoms with Crippen LogP contribution in [0.4, 0.5) is 10.6 Å². The van der Waals surface area contributed by atoms with E-state index in [1.807, 2.05) is 31.7 Å². The lowest BCUT2D eigenvalue weighted by atomic mass is 9.88. The number of hydrogen-bond acceptors (Lipinski definition) is 8. The molecule has 3 heterocycles. The second-order valence-electron chi connectivity index (χ2n) is 8.80. The molecular formula is C19H26N8O3. The first-order valence-corrected chi connectivity index (χ1v) is 9.76. The standard InChI is InChI=1S/C19H26N8O3/c1-18(2,3)12-27(14-4-7-21-13(10-20)22-14)25-15(28)11-26-8-5-19(6-9-26)16(29)23-17(30)24-19/h4,7H,5-6,8-9,11-12H2,1-3H3,(H,25,28)(H2,23,24,29,30). The number of nitriles is 1. The van der Waals surface area contributed by atoms with Gasteiger partial charge in [0.1, 0.15) is 11.6 Å². The first kappa shape index (κ1) is 21.4. The summed E-state index contributed by atoms with van der Waals surface area (Å²) in [6.45, 7) is 7.73. The Morgan fingerprint density at radius 2 is 2.07 bits per heavy atom. The van der Waals surface area contributed by atoms with Crippen LogP contribution in [0.3, 0.4) is 0 Å². The van der Waals surface area contributed by atoms with Crippen LogP contribution in [0, 0.1) is 16.7 Å². The number of anilines is 1. The number of nitrogens with one attached hydrogen (secondary N) is 3. The minimum Gasteiger partial charge on any atom is -0.323 e. The molecule has 2 aliphatic heterocycles. The number of imide groups is 1. The summed E-state index contributed by atoms with van der Waals surface area (Å²) in [5.41, 5.74) is 1.86. The molecule has 3 rings (SSSR count). The fourth-order valence-electron chi connectivity index (χ4n) is 3.57. The molecule has 11 heteroatoms. The number of urea groups is 1. The lowest BCUT2D eigenvalue weighted by Crippen LogP contribution is -2.57.